The Morgan fingerprint density at radius 2 is 2.32 bits per heavy atom. The zero-order valence-electron chi connectivity index (χ0n) is 10.7. The van der Waals surface area contributed by atoms with Gasteiger partial charge >= 0.3 is 0 Å². The van der Waals surface area contributed by atoms with E-state index in [1.165, 1.54) is 0 Å². The summed E-state index contributed by atoms with van der Waals surface area (Å²) < 4.78 is 0. The van der Waals surface area contributed by atoms with Crippen LogP contribution in [-0.2, 0) is 11.3 Å². The van der Waals surface area contributed by atoms with Crippen LogP contribution in [0, 0.1) is 0 Å². The molecule has 1 aromatic carbocycles. The maximum absolute atomic E-state index is 12.3. The number of carbonyl (C=O) groups excluding carboxylic acids is 1. The Bertz CT molecular complexity index is 464. The molecule has 1 aliphatic heterocycles. The number of likely N-dealkylation sites (N-methyl/N-ethyl adjacent to an activating group) is 1. The number of hydrogen-bond acceptors (Lipinski definition) is 3. The monoisotopic (exact) mass is 318 g/mol. The number of nitrogens with one attached hydrogen (secondary N) is 1. The average molecular weight is 319 g/mol. The second kappa shape index (κ2) is 6.84. The second-order valence-corrected chi connectivity index (χ2v) is 6.51. The van der Waals surface area contributed by atoms with Gasteiger partial charge in [0.1, 0.15) is 0 Å². The lowest BCUT2D eigenvalue weighted by Crippen LogP contribution is -2.49. The Morgan fingerprint density at radius 3 is 2.95 bits per heavy atom. The molecule has 0 saturated carbocycles. The first-order valence-corrected chi connectivity index (χ1v) is 7.99. The van der Waals surface area contributed by atoms with Crippen molar-refractivity contribution in [2.45, 2.75) is 12.6 Å². The van der Waals surface area contributed by atoms with Gasteiger partial charge in [-0.15, -0.1) is 0 Å². The fourth-order valence-corrected chi connectivity index (χ4v) is 3.37. The zero-order valence-corrected chi connectivity index (χ0v) is 13.0. The topological polar surface area (TPSA) is 32.3 Å². The molecule has 1 fully saturated rings. The predicted octanol–water partition coefficient (Wildman–Crippen LogP) is 2.66. The van der Waals surface area contributed by atoms with Crippen molar-refractivity contribution in [3.05, 3.63) is 33.8 Å². The highest BCUT2D eigenvalue weighted by atomic mass is 35.5. The van der Waals surface area contributed by atoms with Crippen molar-refractivity contribution in [2.75, 3.05) is 25.1 Å². The average Bonchev–Trinajstić information content (AvgIpc) is 2.42. The number of hydrogen-bond donors (Lipinski definition) is 1. The minimum absolute atomic E-state index is 0.0881. The van der Waals surface area contributed by atoms with Crippen LogP contribution in [0.2, 0.25) is 10.0 Å². The van der Waals surface area contributed by atoms with Crippen molar-refractivity contribution in [2.24, 2.45) is 0 Å². The highest BCUT2D eigenvalue weighted by molar-refractivity contribution is 7.99. The number of amides is 1. The van der Waals surface area contributed by atoms with Crippen molar-refractivity contribution >= 4 is 40.9 Å². The normalized spacial score (nSPS) is 19.2. The fourth-order valence-electron chi connectivity index (χ4n) is 1.97. The molecule has 0 aromatic heterocycles. The Kier molecular flexibility index (Phi) is 5.39. The third kappa shape index (κ3) is 4.02. The van der Waals surface area contributed by atoms with Crippen molar-refractivity contribution in [1.82, 2.24) is 10.2 Å². The van der Waals surface area contributed by atoms with Gasteiger partial charge in [0, 0.05) is 41.7 Å². The summed E-state index contributed by atoms with van der Waals surface area (Å²) in [5.41, 5.74) is 0.908. The lowest BCUT2D eigenvalue weighted by molar-refractivity contribution is -0.132. The molecule has 3 nitrogen and oxygen atoms in total. The molecule has 2 rings (SSSR count). The van der Waals surface area contributed by atoms with E-state index in [4.69, 9.17) is 23.2 Å². The van der Waals surface area contributed by atoms with E-state index >= 15 is 0 Å². The summed E-state index contributed by atoms with van der Waals surface area (Å²) in [6.07, 6.45) is 0. The Morgan fingerprint density at radius 1 is 1.53 bits per heavy atom. The van der Waals surface area contributed by atoms with E-state index in [0.717, 1.165) is 23.6 Å². The first-order chi connectivity index (χ1) is 9.08. The Labute approximate surface area is 127 Å². The van der Waals surface area contributed by atoms with Crippen molar-refractivity contribution in [1.29, 1.82) is 0 Å². The third-order valence-corrected chi connectivity index (χ3v) is 4.67. The van der Waals surface area contributed by atoms with Crippen molar-refractivity contribution in [3.63, 3.8) is 0 Å². The molecule has 0 bridgehead atoms. The molecule has 0 aliphatic carbocycles. The maximum Gasteiger partial charge on any atom is 0.240 e. The zero-order chi connectivity index (χ0) is 13.8. The van der Waals surface area contributed by atoms with E-state index in [0.29, 0.717) is 16.6 Å². The summed E-state index contributed by atoms with van der Waals surface area (Å²) in [5, 5.41) is 4.44. The molecule has 1 heterocycles. The van der Waals surface area contributed by atoms with Crippen molar-refractivity contribution < 1.29 is 4.79 Å². The van der Waals surface area contributed by atoms with Crippen LogP contribution in [0.5, 0.6) is 0 Å². The fraction of sp³-hybridized carbons (Fsp3) is 0.462. The minimum atomic E-state index is -0.0881. The number of nitrogens with zero attached hydrogens (tertiary/aromatic N) is 1. The molecule has 0 radical (unpaired) electrons. The van der Waals surface area contributed by atoms with Crippen LogP contribution in [0.1, 0.15) is 5.56 Å². The number of carbonyl (C=O) groups is 1. The number of benzene rings is 1. The molecule has 1 atom stereocenters. The van der Waals surface area contributed by atoms with Crippen LogP contribution in [-0.4, -0.2) is 41.9 Å². The summed E-state index contributed by atoms with van der Waals surface area (Å²) in [7, 11) is 1.80. The smallest absolute Gasteiger partial charge is 0.240 e. The summed E-state index contributed by atoms with van der Waals surface area (Å²) in [6, 6.07) is 5.26. The van der Waals surface area contributed by atoms with Gasteiger partial charge in [0.25, 0.3) is 0 Å². The molecule has 1 N–H and O–H groups in total. The van der Waals surface area contributed by atoms with Crippen LogP contribution in [0.3, 0.4) is 0 Å². The molecule has 0 spiro atoms. The summed E-state index contributed by atoms with van der Waals surface area (Å²) in [4.78, 5) is 14.0. The molecule has 104 valence electrons. The lowest BCUT2D eigenvalue weighted by Gasteiger charge is -2.27. The van der Waals surface area contributed by atoms with Gasteiger partial charge in [0.15, 0.2) is 0 Å². The highest BCUT2D eigenvalue weighted by Crippen LogP contribution is 2.22. The van der Waals surface area contributed by atoms with Crippen LogP contribution < -0.4 is 5.32 Å². The van der Waals surface area contributed by atoms with Gasteiger partial charge in [-0.25, -0.2) is 0 Å². The molecular formula is C13H16Cl2N2OS. The largest absolute Gasteiger partial charge is 0.340 e. The molecule has 1 aromatic rings. The first-order valence-electron chi connectivity index (χ1n) is 6.08. The first kappa shape index (κ1) is 15.0. The summed E-state index contributed by atoms with van der Waals surface area (Å²) in [5.74, 6) is 2.01. The summed E-state index contributed by atoms with van der Waals surface area (Å²) >= 11 is 13.8. The van der Waals surface area contributed by atoms with Gasteiger partial charge < -0.3 is 10.2 Å². The standard InChI is InChI=1S/C13H16Cl2N2OS/c1-17(13(18)12-8-19-5-4-16-12)7-9-2-3-10(14)6-11(9)15/h2-3,6,12,16H,4-5,7-8H2,1H3. The molecule has 1 unspecified atom stereocenters. The van der Waals surface area contributed by atoms with E-state index < -0.39 is 0 Å². The molecule has 1 aliphatic rings. The maximum atomic E-state index is 12.3. The molecule has 19 heavy (non-hydrogen) atoms. The van der Waals surface area contributed by atoms with E-state index in [1.807, 2.05) is 6.07 Å². The quantitative estimate of drug-likeness (QED) is 0.930. The van der Waals surface area contributed by atoms with E-state index in [1.54, 1.807) is 35.8 Å². The van der Waals surface area contributed by atoms with Gasteiger partial charge in [-0.05, 0) is 17.7 Å². The molecule has 6 heteroatoms. The Balaban J connectivity index is 1.99. The number of thioether (sulfide) groups is 1. The molecule has 1 saturated heterocycles. The van der Waals surface area contributed by atoms with E-state index in [-0.39, 0.29) is 11.9 Å². The van der Waals surface area contributed by atoms with Crippen LogP contribution >= 0.6 is 35.0 Å². The SMILES string of the molecule is CN(Cc1ccc(Cl)cc1Cl)C(=O)C1CSCCN1. The minimum Gasteiger partial charge on any atom is -0.340 e. The lowest BCUT2D eigenvalue weighted by atomic mass is 10.2. The Hall–Kier alpha value is -0.420. The van der Waals surface area contributed by atoms with E-state index in [2.05, 4.69) is 5.32 Å². The van der Waals surface area contributed by atoms with Crippen LogP contribution in [0.4, 0.5) is 0 Å². The highest BCUT2D eigenvalue weighted by Gasteiger charge is 2.24. The van der Waals surface area contributed by atoms with Gasteiger partial charge in [-0.1, -0.05) is 29.3 Å². The van der Waals surface area contributed by atoms with Crippen LogP contribution in [0.25, 0.3) is 0 Å². The van der Waals surface area contributed by atoms with Gasteiger partial charge in [0.05, 0.1) is 6.04 Å². The predicted molar refractivity (Wildman–Crippen MR) is 82.1 cm³/mol. The van der Waals surface area contributed by atoms with E-state index in [9.17, 15) is 4.79 Å². The van der Waals surface area contributed by atoms with Gasteiger partial charge in [0.2, 0.25) is 5.91 Å². The third-order valence-electron chi connectivity index (χ3n) is 3.02. The van der Waals surface area contributed by atoms with Gasteiger partial charge in [-0.3, -0.25) is 4.79 Å². The van der Waals surface area contributed by atoms with Gasteiger partial charge in [-0.2, -0.15) is 11.8 Å². The molecule has 1 amide bonds. The van der Waals surface area contributed by atoms with Crippen LogP contribution in [0.15, 0.2) is 18.2 Å². The molecular weight excluding hydrogens is 303 g/mol. The van der Waals surface area contributed by atoms with Crippen molar-refractivity contribution in [3.8, 4) is 0 Å². The number of rotatable bonds is 3. The number of halogens is 2. The second-order valence-electron chi connectivity index (χ2n) is 4.51. The summed E-state index contributed by atoms with van der Waals surface area (Å²) in [6.45, 7) is 1.38.